The zero-order chi connectivity index (χ0) is 17.0. The van der Waals surface area contributed by atoms with Crippen molar-refractivity contribution in [2.75, 3.05) is 26.2 Å². The standard InChI is InChI=1S/C19H31NO3/c1-13(2)19-7-6-18(8-14(19)3)22-12-17(21)11-20-9-15(4)23-16(5)10-20/h6-8,13,15-17,21H,9-12H2,1-5H3/t15-,16+,17-/m1/s1. The van der Waals surface area contributed by atoms with E-state index in [2.05, 4.69) is 51.7 Å². The molecule has 1 aliphatic heterocycles. The van der Waals surface area contributed by atoms with Crippen LogP contribution in [0.2, 0.25) is 0 Å². The molecule has 0 aromatic heterocycles. The summed E-state index contributed by atoms with van der Waals surface area (Å²) in [6.07, 6.45) is -0.0474. The van der Waals surface area contributed by atoms with E-state index in [1.165, 1.54) is 11.1 Å². The highest BCUT2D eigenvalue weighted by Gasteiger charge is 2.23. The minimum absolute atomic E-state index is 0.220. The van der Waals surface area contributed by atoms with Crippen LogP contribution in [0, 0.1) is 6.92 Å². The molecule has 3 atom stereocenters. The van der Waals surface area contributed by atoms with Crippen LogP contribution in [0.15, 0.2) is 18.2 Å². The van der Waals surface area contributed by atoms with Gasteiger partial charge in [0.25, 0.3) is 0 Å². The maximum Gasteiger partial charge on any atom is 0.119 e. The van der Waals surface area contributed by atoms with Gasteiger partial charge in [-0.15, -0.1) is 0 Å². The van der Waals surface area contributed by atoms with Gasteiger partial charge in [0.15, 0.2) is 0 Å². The van der Waals surface area contributed by atoms with Crippen LogP contribution >= 0.6 is 0 Å². The summed E-state index contributed by atoms with van der Waals surface area (Å²) >= 11 is 0. The van der Waals surface area contributed by atoms with Gasteiger partial charge in [-0.25, -0.2) is 0 Å². The van der Waals surface area contributed by atoms with Crippen LogP contribution in [0.25, 0.3) is 0 Å². The molecule has 4 nitrogen and oxygen atoms in total. The van der Waals surface area contributed by atoms with Crippen LogP contribution in [-0.2, 0) is 4.74 Å². The van der Waals surface area contributed by atoms with Crippen molar-refractivity contribution in [3.05, 3.63) is 29.3 Å². The Morgan fingerprint density at radius 3 is 2.48 bits per heavy atom. The molecule has 1 aliphatic rings. The minimum Gasteiger partial charge on any atom is -0.491 e. The summed E-state index contributed by atoms with van der Waals surface area (Å²) in [6.45, 7) is 13.3. The largest absolute Gasteiger partial charge is 0.491 e. The van der Waals surface area contributed by atoms with Crippen molar-refractivity contribution in [1.82, 2.24) is 4.90 Å². The molecule has 1 heterocycles. The zero-order valence-electron chi connectivity index (χ0n) is 15.1. The number of hydrogen-bond donors (Lipinski definition) is 1. The molecule has 4 heteroatoms. The maximum absolute atomic E-state index is 10.2. The van der Waals surface area contributed by atoms with Crippen molar-refractivity contribution in [3.63, 3.8) is 0 Å². The van der Waals surface area contributed by atoms with E-state index in [0.29, 0.717) is 19.1 Å². The number of aliphatic hydroxyl groups excluding tert-OH is 1. The van der Waals surface area contributed by atoms with Crippen molar-refractivity contribution < 1.29 is 14.6 Å². The number of aliphatic hydroxyl groups is 1. The highest BCUT2D eigenvalue weighted by Crippen LogP contribution is 2.23. The van der Waals surface area contributed by atoms with Crippen molar-refractivity contribution in [1.29, 1.82) is 0 Å². The Morgan fingerprint density at radius 1 is 1.26 bits per heavy atom. The van der Waals surface area contributed by atoms with E-state index in [4.69, 9.17) is 9.47 Å². The Hall–Kier alpha value is -1.10. The summed E-state index contributed by atoms with van der Waals surface area (Å²) < 4.78 is 11.5. The monoisotopic (exact) mass is 321 g/mol. The van der Waals surface area contributed by atoms with E-state index in [0.717, 1.165) is 18.8 Å². The van der Waals surface area contributed by atoms with Crippen molar-refractivity contribution in [2.45, 2.75) is 58.8 Å². The number of hydrogen-bond acceptors (Lipinski definition) is 4. The van der Waals surface area contributed by atoms with Crippen LogP contribution in [-0.4, -0.2) is 54.6 Å². The lowest BCUT2D eigenvalue weighted by atomic mass is 9.98. The quantitative estimate of drug-likeness (QED) is 0.875. The molecule has 0 aliphatic carbocycles. The van der Waals surface area contributed by atoms with Crippen LogP contribution in [0.5, 0.6) is 5.75 Å². The highest BCUT2D eigenvalue weighted by atomic mass is 16.5. The molecule has 23 heavy (non-hydrogen) atoms. The number of ether oxygens (including phenoxy) is 2. The average Bonchev–Trinajstić information content (AvgIpc) is 2.43. The van der Waals surface area contributed by atoms with Gasteiger partial charge >= 0.3 is 0 Å². The van der Waals surface area contributed by atoms with Crippen molar-refractivity contribution >= 4 is 0 Å². The van der Waals surface area contributed by atoms with Gasteiger partial charge in [0, 0.05) is 19.6 Å². The molecule has 2 rings (SSSR count). The molecule has 0 saturated carbocycles. The van der Waals surface area contributed by atoms with Crippen LogP contribution in [0.4, 0.5) is 0 Å². The molecular weight excluding hydrogens is 290 g/mol. The fourth-order valence-electron chi connectivity index (χ4n) is 3.36. The van der Waals surface area contributed by atoms with Crippen LogP contribution in [0.3, 0.4) is 0 Å². The predicted octanol–water partition coefficient (Wildman–Crippen LogP) is 2.97. The number of nitrogens with zero attached hydrogens (tertiary/aromatic N) is 1. The van der Waals surface area contributed by atoms with Gasteiger partial charge in [0.1, 0.15) is 18.5 Å². The molecular formula is C19H31NO3. The molecule has 0 amide bonds. The molecule has 130 valence electrons. The molecule has 1 aromatic rings. The summed E-state index contributed by atoms with van der Waals surface area (Å²) in [5.41, 5.74) is 2.58. The Labute approximate surface area is 140 Å². The molecule has 1 fully saturated rings. The van der Waals surface area contributed by atoms with E-state index in [1.807, 2.05) is 6.07 Å². The van der Waals surface area contributed by atoms with Gasteiger partial charge in [-0.05, 0) is 49.9 Å². The molecule has 0 unspecified atom stereocenters. The lowest BCUT2D eigenvalue weighted by Gasteiger charge is -2.36. The first kappa shape index (κ1) is 18.2. The van der Waals surface area contributed by atoms with Gasteiger partial charge in [-0.3, -0.25) is 4.90 Å². The fraction of sp³-hybridized carbons (Fsp3) is 0.684. The lowest BCUT2D eigenvalue weighted by Crippen LogP contribution is -2.48. The number of rotatable bonds is 6. The van der Waals surface area contributed by atoms with Crippen LogP contribution < -0.4 is 4.74 Å². The van der Waals surface area contributed by atoms with E-state index in [9.17, 15) is 5.11 Å². The van der Waals surface area contributed by atoms with E-state index in [1.54, 1.807) is 0 Å². The predicted molar refractivity (Wildman–Crippen MR) is 93.2 cm³/mol. The Bertz CT molecular complexity index is 493. The third-order valence-corrected chi connectivity index (χ3v) is 4.27. The highest BCUT2D eigenvalue weighted by molar-refractivity contribution is 5.36. The first-order valence-corrected chi connectivity index (χ1v) is 8.64. The Kier molecular flexibility index (Phi) is 6.45. The third kappa shape index (κ3) is 5.48. The van der Waals surface area contributed by atoms with E-state index < -0.39 is 6.10 Å². The van der Waals surface area contributed by atoms with Gasteiger partial charge in [0.2, 0.25) is 0 Å². The fourth-order valence-corrected chi connectivity index (χ4v) is 3.36. The molecule has 0 spiro atoms. The van der Waals surface area contributed by atoms with Gasteiger partial charge < -0.3 is 14.6 Å². The van der Waals surface area contributed by atoms with Crippen molar-refractivity contribution in [3.8, 4) is 5.75 Å². The molecule has 1 saturated heterocycles. The first-order chi connectivity index (χ1) is 10.8. The molecule has 0 radical (unpaired) electrons. The SMILES string of the molecule is Cc1cc(OC[C@H](O)CN2C[C@@H](C)O[C@@H](C)C2)ccc1C(C)C. The Morgan fingerprint density at radius 2 is 1.91 bits per heavy atom. The van der Waals surface area contributed by atoms with E-state index >= 15 is 0 Å². The smallest absolute Gasteiger partial charge is 0.119 e. The number of β-amino-alcohol motifs (C(OH)–C–C–N with tert-alkyl or cyclic N) is 1. The maximum atomic E-state index is 10.2. The Balaban J connectivity index is 1.82. The van der Waals surface area contributed by atoms with E-state index in [-0.39, 0.29) is 12.2 Å². The second kappa shape index (κ2) is 8.13. The van der Waals surface area contributed by atoms with Gasteiger partial charge in [-0.1, -0.05) is 19.9 Å². The third-order valence-electron chi connectivity index (χ3n) is 4.27. The molecule has 1 N–H and O–H groups in total. The summed E-state index contributed by atoms with van der Waals surface area (Å²) in [5, 5.41) is 10.2. The second-order valence-electron chi connectivity index (χ2n) is 7.11. The van der Waals surface area contributed by atoms with Crippen molar-refractivity contribution in [2.24, 2.45) is 0 Å². The number of aryl methyl sites for hydroxylation is 1. The topological polar surface area (TPSA) is 41.9 Å². The number of morpholine rings is 1. The molecule has 1 aromatic carbocycles. The van der Waals surface area contributed by atoms with Gasteiger partial charge in [-0.2, -0.15) is 0 Å². The number of benzene rings is 1. The van der Waals surface area contributed by atoms with Crippen LogP contribution in [0.1, 0.15) is 44.7 Å². The normalized spacial score (nSPS) is 24.0. The molecule has 0 bridgehead atoms. The zero-order valence-corrected chi connectivity index (χ0v) is 15.1. The average molecular weight is 321 g/mol. The minimum atomic E-state index is -0.488. The summed E-state index contributed by atoms with van der Waals surface area (Å²) in [4.78, 5) is 2.25. The summed E-state index contributed by atoms with van der Waals surface area (Å²) in [6, 6.07) is 6.17. The lowest BCUT2D eigenvalue weighted by molar-refractivity contribution is -0.0786. The second-order valence-corrected chi connectivity index (χ2v) is 7.11. The van der Waals surface area contributed by atoms with Gasteiger partial charge in [0.05, 0.1) is 12.2 Å². The summed E-state index contributed by atoms with van der Waals surface area (Å²) in [7, 11) is 0. The first-order valence-electron chi connectivity index (χ1n) is 8.64. The summed E-state index contributed by atoms with van der Waals surface area (Å²) in [5.74, 6) is 1.34.